The molecule has 0 fully saturated rings. The van der Waals surface area contributed by atoms with Gasteiger partial charge in [-0.05, 0) is 50.2 Å². The number of carboxylic acid groups (broad SMARTS) is 2. The predicted molar refractivity (Wildman–Crippen MR) is 88.3 cm³/mol. The van der Waals surface area contributed by atoms with E-state index < -0.39 is 11.9 Å². The van der Waals surface area contributed by atoms with Gasteiger partial charge in [-0.25, -0.2) is 9.59 Å². The van der Waals surface area contributed by atoms with Crippen molar-refractivity contribution in [3.8, 4) is 0 Å². The van der Waals surface area contributed by atoms with Gasteiger partial charge in [-0.2, -0.15) is 0 Å². The van der Waals surface area contributed by atoms with Gasteiger partial charge >= 0.3 is 11.9 Å². The lowest BCUT2D eigenvalue weighted by Crippen LogP contribution is -1.99. The molecule has 1 aromatic rings. The molecule has 0 atom stereocenters. The molecule has 22 heavy (non-hydrogen) atoms. The Morgan fingerprint density at radius 1 is 0.818 bits per heavy atom. The minimum Gasteiger partial charge on any atom is -0.478 e. The van der Waals surface area contributed by atoms with Crippen molar-refractivity contribution in [2.45, 2.75) is 39.5 Å². The fraction of sp³-hybridized carbons (Fsp3) is 0.500. The molecule has 0 saturated heterocycles. The first kappa shape index (κ1) is 22.4. The molecule has 0 spiro atoms. The highest BCUT2D eigenvalue weighted by molar-refractivity contribution is 5.91. The van der Waals surface area contributed by atoms with Crippen molar-refractivity contribution < 1.29 is 19.8 Å². The van der Waals surface area contributed by atoms with Crippen LogP contribution in [-0.2, 0) is 0 Å². The van der Waals surface area contributed by atoms with Crippen LogP contribution in [-0.4, -0.2) is 35.2 Å². The van der Waals surface area contributed by atoms with E-state index in [0.717, 1.165) is 13.1 Å². The zero-order valence-corrected chi connectivity index (χ0v) is 13.4. The number of hydrogen-bond donors (Lipinski definition) is 4. The fourth-order valence-electron chi connectivity index (χ4n) is 1.16. The number of carbonyl (C=O) groups is 2. The van der Waals surface area contributed by atoms with E-state index >= 15 is 0 Å². The molecule has 0 aliphatic heterocycles. The summed E-state index contributed by atoms with van der Waals surface area (Å²) in [6.07, 6.45) is 4.77. The van der Waals surface area contributed by atoms with Crippen molar-refractivity contribution in [2.24, 2.45) is 11.5 Å². The number of benzene rings is 1. The van der Waals surface area contributed by atoms with Crippen LogP contribution >= 0.6 is 0 Å². The summed E-state index contributed by atoms with van der Waals surface area (Å²) in [7, 11) is 0. The van der Waals surface area contributed by atoms with Crippen molar-refractivity contribution >= 4 is 11.9 Å². The Bertz CT molecular complexity index is 362. The molecule has 126 valence electrons. The van der Waals surface area contributed by atoms with Gasteiger partial charge < -0.3 is 21.7 Å². The zero-order valence-electron chi connectivity index (χ0n) is 13.4. The summed E-state index contributed by atoms with van der Waals surface area (Å²) in [4.78, 5) is 20.7. The van der Waals surface area contributed by atoms with Gasteiger partial charge in [0.2, 0.25) is 0 Å². The summed E-state index contributed by atoms with van der Waals surface area (Å²) < 4.78 is 0. The number of hydrogen-bond acceptors (Lipinski definition) is 4. The average molecular weight is 312 g/mol. The largest absolute Gasteiger partial charge is 0.478 e. The van der Waals surface area contributed by atoms with E-state index in [0.29, 0.717) is 0 Å². The van der Waals surface area contributed by atoms with Gasteiger partial charge in [-0.1, -0.05) is 26.7 Å². The Balaban J connectivity index is 0. The second-order valence-corrected chi connectivity index (χ2v) is 4.47. The maximum Gasteiger partial charge on any atom is 0.335 e. The van der Waals surface area contributed by atoms with Gasteiger partial charge in [-0.15, -0.1) is 0 Å². The number of rotatable bonds is 6. The Morgan fingerprint density at radius 3 is 1.18 bits per heavy atom. The first-order valence-corrected chi connectivity index (χ1v) is 7.41. The van der Waals surface area contributed by atoms with Crippen molar-refractivity contribution in [1.29, 1.82) is 0 Å². The summed E-state index contributed by atoms with van der Waals surface area (Å²) in [6.45, 7) is 5.95. The van der Waals surface area contributed by atoms with Crippen LogP contribution < -0.4 is 11.5 Å². The van der Waals surface area contributed by atoms with E-state index in [1.165, 1.54) is 49.9 Å². The Morgan fingerprint density at radius 2 is 1.09 bits per heavy atom. The monoisotopic (exact) mass is 312 g/mol. The number of unbranched alkanes of at least 4 members (excludes halogenated alkanes) is 2. The SMILES string of the molecule is CCCCN.CCCCN.O=C(O)c1ccc(C(=O)O)cc1. The summed E-state index contributed by atoms with van der Waals surface area (Å²) in [5, 5.41) is 16.9. The van der Waals surface area contributed by atoms with Crippen molar-refractivity contribution in [1.82, 2.24) is 0 Å². The Hall–Kier alpha value is -1.92. The fourth-order valence-corrected chi connectivity index (χ4v) is 1.16. The average Bonchev–Trinajstić information content (AvgIpc) is 2.50. The zero-order chi connectivity index (χ0) is 17.4. The lowest BCUT2D eigenvalue weighted by Gasteiger charge is -1.94. The molecule has 0 heterocycles. The minimum absolute atomic E-state index is 0.0833. The highest BCUT2D eigenvalue weighted by Gasteiger charge is 2.04. The molecule has 6 N–H and O–H groups in total. The second-order valence-electron chi connectivity index (χ2n) is 4.47. The van der Waals surface area contributed by atoms with E-state index in [4.69, 9.17) is 21.7 Å². The molecule has 0 aliphatic carbocycles. The standard InChI is InChI=1S/C8H6O4.2C4H11N/c9-7(10)5-1-2-6(4-3-5)8(11)12;2*1-2-3-4-5/h1-4H,(H,9,10)(H,11,12);2*2-5H2,1H3. The molecule has 0 aromatic heterocycles. The maximum atomic E-state index is 10.3. The lowest BCUT2D eigenvalue weighted by atomic mass is 10.1. The third-order valence-corrected chi connectivity index (χ3v) is 2.49. The Labute approximate surface area is 132 Å². The maximum absolute atomic E-state index is 10.3. The topological polar surface area (TPSA) is 127 Å². The third kappa shape index (κ3) is 13.1. The molecule has 0 saturated carbocycles. The molecule has 1 aromatic carbocycles. The molecule has 0 unspecified atom stereocenters. The number of carboxylic acids is 2. The molecular formula is C16H28N2O4. The smallest absolute Gasteiger partial charge is 0.335 e. The van der Waals surface area contributed by atoms with Crippen molar-refractivity contribution in [3.63, 3.8) is 0 Å². The van der Waals surface area contributed by atoms with E-state index in [-0.39, 0.29) is 11.1 Å². The summed E-state index contributed by atoms with van der Waals surface area (Å²) in [5.74, 6) is -2.13. The van der Waals surface area contributed by atoms with E-state index in [2.05, 4.69) is 13.8 Å². The third-order valence-electron chi connectivity index (χ3n) is 2.49. The normalized spacial score (nSPS) is 8.91. The Kier molecular flexibility index (Phi) is 15.7. The van der Waals surface area contributed by atoms with Crippen LogP contribution in [0.25, 0.3) is 0 Å². The van der Waals surface area contributed by atoms with Gasteiger partial charge in [0, 0.05) is 0 Å². The highest BCUT2D eigenvalue weighted by Crippen LogP contribution is 2.03. The second kappa shape index (κ2) is 15.5. The first-order chi connectivity index (χ1) is 10.4. The van der Waals surface area contributed by atoms with Crippen molar-refractivity contribution in [3.05, 3.63) is 35.4 Å². The quantitative estimate of drug-likeness (QED) is 0.639. The molecule has 6 heteroatoms. The van der Waals surface area contributed by atoms with Crippen LogP contribution in [0.15, 0.2) is 24.3 Å². The van der Waals surface area contributed by atoms with Crippen LogP contribution in [0.2, 0.25) is 0 Å². The number of nitrogens with two attached hydrogens (primary N) is 2. The van der Waals surface area contributed by atoms with Crippen LogP contribution in [0.4, 0.5) is 0 Å². The van der Waals surface area contributed by atoms with E-state index in [1.54, 1.807) is 0 Å². The van der Waals surface area contributed by atoms with Crippen LogP contribution in [0.5, 0.6) is 0 Å². The molecule has 6 nitrogen and oxygen atoms in total. The van der Waals surface area contributed by atoms with Crippen LogP contribution in [0.1, 0.15) is 60.2 Å². The van der Waals surface area contributed by atoms with Crippen LogP contribution in [0.3, 0.4) is 0 Å². The van der Waals surface area contributed by atoms with Gasteiger partial charge in [-0.3, -0.25) is 0 Å². The van der Waals surface area contributed by atoms with Crippen molar-refractivity contribution in [2.75, 3.05) is 13.1 Å². The predicted octanol–water partition coefficient (Wildman–Crippen LogP) is 2.57. The number of aromatic carboxylic acids is 2. The molecule has 0 bridgehead atoms. The summed E-state index contributed by atoms with van der Waals surface area (Å²) in [5.41, 5.74) is 10.4. The summed E-state index contributed by atoms with van der Waals surface area (Å²) in [6, 6.07) is 5.02. The lowest BCUT2D eigenvalue weighted by molar-refractivity contribution is 0.0681. The van der Waals surface area contributed by atoms with Gasteiger partial charge in [0.05, 0.1) is 11.1 Å². The molecule has 1 rings (SSSR count). The van der Waals surface area contributed by atoms with Gasteiger partial charge in [0.1, 0.15) is 0 Å². The molecule has 0 radical (unpaired) electrons. The highest BCUT2D eigenvalue weighted by atomic mass is 16.4. The van der Waals surface area contributed by atoms with Crippen LogP contribution in [0, 0.1) is 0 Å². The molecule has 0 aliphatic rings. The van der Waals surface area contributed by atoms with Gasteiger partial charge in [0.25, 0.3) is 0 Å². The van der Waals surface area contributed by atoms with E-state index in [9.17, 15) is 9.59 Å². The minimum atomic E-state index is -1.06. The molecular weight excluding hydrogens is 284 g/mol. The molecule has 0 amide bonds. The van der Waals surface area contributed by atoms with E-state index in [1.807, 2.05) is 0 Å². The summed E-state index contributed by atoms with van der Waals surface area (Å²) >= 11 is 0. The first-order valence-electron chi connectivity index (χ1n) is 7.41. The van der Waals surface area contributed by atoms with Gasteiger partial charge in [0.15, 0.2) is 0 Å².